The van der Waals surface area contributed by atoms with E-state index in [0.717, 1.165) is 10.9 Å². The van der Waals surface area contributed by atoms with Crippen molar-refractivity contribution >= 4 is 15.8 Å². The standard InChI is InChI=1S/C11H17NO4S/c1-10(2)8-3-4-11(10,9(13)5-8)6-17(14,15)12-7-16-12/h8H,3-7H2,1-2H3. The fourth-order valence-electron chi connectivity index (χ4n) is 3.68. The second kappa shape index (κ2) is 3.10. The van der Waals surface area contributed by atoms with Crippen LogP contribution >= 0.6 is 0 Å². The van der Waals surface area contributed by atoms with E-state index in [9.17, 15) is 13.2 Å². The number of Topliss-reactive ketones (excluding diaryl/α,β-unsaturated/α-hetero) is 1. The summed E-state index contributed by atoms with van der Waals surface area (Å²) in [6, 6.07) is 0. The Morgan fingerprint density at radius 3 is 2.53 bits per heavy atom. The fourth-order valence-corrected chi connectivity index (χ4v) is 5.49. The number of hydrogen-bond acceptors (Lipinski definition) is 4. The Labute approximate surface area is 101 Å². The average Bonchev–Trinajstić information content (AvgIpc) is 2.98. The number of nitrogens with zero attached hydrogens (tertiary/aromatic N) is 1. The van der Waals surface area contributed by atoms with E-state index in [1.54, 1.807) is 0 Å². The monoisotopic (exact) mass is 259 g/mol. The molecule has 1 aliphatic heterocycles. The normalized spacial score (nSPS) is 43.1. The zero-order chi connectivity index (χ0) is 12.5. The van der Waals surface area contributed by atoms with Gasteiger partial charge in [0.05, 0.1) is 5.75 Å². The van der Waals surface area contributed by atoms with Crippen molar-refractivity contribution in [3.05, 3.63) is 0 Å². The maximum absolute atomic E-state index is 12.2. The number of ketones is 1. The lowest BCUT2D eigenvalue weighted by molar-refractivity contribution is -0.128. The number of carbonyl (C=O) groups is 1. The molecule has 3 unspecified atom stereocenters. The van der Waals surface area contributed by atoms with Crippen LogP contribution in [0, 0.1) is 16.7 Å². The second-order valence-corrected chi connectivity index (χ2v) is 7.84. The van der Waals surface area contributed by atoms with Gasteiger partial charge in [0.15, 0.2) is 6.73 Å². The summed E-state index contributed by atoms with van der Waals surface area (Å²) in [7, 11) is -3.43. The van der Waals surface area contributed by atoms with Gasteiger partial charge in [-0.15, -0.1) is 0 Å². The number of rotatable bonds is 3. The minimum Gasteiger partial charge on any atom is -0.299 e. The Balaban J connectivity index is 1.97. The minimum absolute atomic E-state index is 0.0810. The van der Waals surface area contributed by atoms with Gasteiger partial charge < -0.3 is 0 Å². The maximum Gasteiger partial charge on any atom is 0.239 e. The van der Waals surface area contributed by atoms with Gasteiger partial charge in [0.25, 0.3) is 0 Å². The topological polar surface area (TPSA) is 66.8 Å². The molecular weight excluding hydrogens is 242 g/mol. The molecular formula is C11H17NO4S. The molecule has 3 atom stereocenters. The summed E-state index contributed by atoms with van der Waals surface area (Å²) >= 11 is 0. The zero-order valence-electron chi connectivity index (χ0n) is 10.1. The molecule has 0 aromatic rings. The van der Waals surface area contributed by atoms with Crippen LogP contribution in [0.2, 0.25) is 0 Å². The second-order valence-electron chi connectivity index (χ2n) is 5.98. The number of sulfonamides is 1. The predicted molar refractivity (Wildman–Crippen MR) is 60.1 cm³/mol. The first-order chi connectivity index (χ1) is 7.80. The number of hydroxylamine groups is 1. The SMILES string of the molecule is CC1(C)C2CCC1(CS(=O)(=O)N1CO1)C(=O)C2. The van der Waals surface area contributed by atoms with E-state index in [0.29, 0.717) is 18.8 Å². The third kappa shape index (κ3) is 1.37. The van der Waals surface area contributed by atoms with Crippen LogP contribution in [0.1, 0.15) is 33.1 Å². The van der Waals surface area contributed by atoms with E-state index in [1.807, 2.05) is 13.8 Å². The van der Waals surface area contributed by atoms with Gasteiger partial charge in [-0.1, -0.05) is 18.3 Å². The van der Waals surface area contributed by atoms with Crippen molar-refractivity contribution in [3.8, 4) is 0 Å². The van der Waals surface area contributed by atoms with Gasteiger partial charge in [0.1, 0.15) is 5.78 Å². The van der Waals surface area contributed by atoms with Gasteiger partial charge in [-0.2, -0.15) is 0 Å². The first-order valence-electron chi connectivity index (χ1n) is 5.96. The Morgan fingerprint density at radius 2 is 2.12 bits per heavy atom. The average molecular weight is 259 g/mol. The van der Waals surface area contributed by atoms with Gasteiger partial charge in [-0.25, -0.2) is 8.42 Å². The highest BCUT2D eigenvalue weighted by Crippen LogP contribution is 2.64. The van der Waals surface area contributed by atoms with Crippen LogP contribution in [-0.2, 0) is 19.7 Å². The summed E-state index contributed by atoms with van der Waals surface area (Å²) in [5, 5.41) is 0. The van der Waals surface area contributed by atoms with Crippen LogP contribution in [0.15, 0.2) is 0 Å². The highest BCUT2D eigenvalue weighted by molar-refractivity contribution is 7.89. The summed E-state index contributed by atoms with van der Waals surface area (Å²) in [6.45, 7) is 4.21. The molecule has 1 heterocycles. The Hall–Kier alpha value is -0.460. The molecule has 2 saturated carbocycles. The highest BCUT2D eigenvalue weighted by atomic mass is 32.2. The van der Waals surface area contributed by atoms with Crippen molar-refractivity contribution in [1.29, 1.82) is 0 Å². The van der Waals surface area contributed by atoms with E-state index in [2.05, 4.69) is 0 Å². The molecule has 2 bridgehead atoms. The van der Waals surface area contributed by atoms with Crippen LogP contribution in [0.25, 0.3) is 0 Å². The van der Waals surface area contributed by atoms with E-state index in [4.69, 9.17) is 4.84 Å². The fraction of sp³-hybridized carbons (Fsp3) is 0.909. The van der Waals surface area contributed by atoms with Crippen molar-refractivity contribution in [3.63, 3.8) is 0 Å². The van der Waals surface area contributed by atoms with Crippen LogP contribution < -0.4 is 0 Å². The number of carbonyl (C=O) groups excluding carboxylic acids is 1. The lowest BCUT2D eigenvalue weighted by Crippen LogP contribution is -2.43. The molecule has 0 amide bonds. The first kappa shape index (κ1) is 11.6. The Bertz CT molecular complexity index is 480. The van der Waals surface area contributed by atoms with E-state index in [-0.39, 0.29) is 23.7 Å². The molecule has 17 heavy (non-hydrogen) atoms. The van der Waals surface area contributed by atoms with Crippen LogP contribution in [-0.4, -0.2) is 31.2 Å². The maximum atomic E-state index is 12.2. The van der Waals surface area contributed by atoms with Gasteiger partial charge in [-0.05, 0) is 24.2 Å². The quantitative estimate of drug-likeness (QED) is 0.707. The van der Waals surface area contributed by atoms with Gasteiger partial charge in [0.2, 0.25) is 10.0 Å². The molecule has 0 spiro atoms. The van der Waals surface area contributed by atoms with E-state index < -0.39 is 15.4 Å². The van der Waals surface area contributed by atoms with Crippen molar-refractivity contribution in [1.82, 2.24) is 4.47 Å². The molecule has 3 fully saturated rings. The molecule has 5 nitrogen and oxygen atoms in total. The number of fused-ring (bicyclic) bond motifs is 2. The third-order valence-electron chi connectivity index (χ3n) is 5.11. The summed E-state index contributed by atoms with van der Waals surface area (Å²) in [5.41, 5.74) is -0.879. The molecule has 6 heteroatoms. The first-order valence-corrected chi connectivity index (χ1v) is 7.57. The van der Waals surface area contributed by atoms with Crippen LogP contribution in [0.3, 0.4) is 0 Å². The summed E-state index contributed by atoms with van der Waals surface area (Å²) in [5.74, 6) is 0.395. The summed E-state index contributed by atoms with van der Waals surface area (Å²) in [6.07, 6.45) is 2.22. The van der Waals surface area contributed by atoms with Gasteiger partial charge >= 0.3 is 0 Å². The van der Waals surface area contributed by atoms with Gasteiger partial charge in [0, 0.05) is 11.8 Å². The molecule has 0 N–H and O–H groups in total. The molecule has 1 saturated heterocycles. The zero-order valence-corrected chi connectivity index (χ0v) is 10.9. The van der Waals surface area contributed by atoms with Crippen molar-refractivity contribution in [2.45, 2.75) is 33.1 Å². The summed E-state index contributed by atoms with van der Waals surface area (Å²) < 4.78 is 25.0. The minimum atomic E-state index is -3.43. The molecule has 3 rings (SSSR count). The Kier molecular flexibility index (Phi) is 2.12. The molecule has 0 aromatic heterocycles. The molecule has 96 valence electrons. The molecule has 0 radical (unpaired) electrons. The van der Waals surface area contributed by atoms with Gasteiger partial charge in [-0.3, -0.25) is 9.63 Å². The van der Waals surface area contributed by atoms with Crippen molar-refractivity contribution < 1.29 is 18.0 Å². The smallest absolute Gasteiger partial charge is 0.239 e. The largest absolute Gasteiger partial charge is 0.299 e. The number of hydrogen-bond donors (Lipinski definition) is 0. The lowest BCUT2D eigenvalue weighted by atomic mass is 9.70. The van der Waals surface area contributed by atoms with E-state index >= 15 is 0 Å². The van der Waals surface area contributed by atoms with Crippen LogP contribution in [0.4, 0.5) is 0 Å². The van der Waals surface area contributed by atoms with Crippen molar-refractivity contribution in [2.75, 3.05) is 12.5 Å². The van der Waals surface area contributed by atoms with Crippen LogP contribution in [0.5, 0.6) is 0 Å². The highest BCUT2D eigenvalue weighted by Gasteiger charge is 2.66. The van der Waals surface area contributed by atoms with Crippen molar-refractivity contribution in [2.24, 2.45) is 16.7 Å². The predicted octanol–water partition coefficient (Wildman–Crippen LogP) is 0.916. The lowest BCUT2D eigenvalue weighted by Gasteiger charge is -2.35. The Morgan fingerprint density at radius 1 is 1.47 bits per heavy atom. The molecule has 0 aromatic carbocycles. The third-order valence-corrected chi connectivity index (χ3v) is 6.80. The summed E-state index contributed by atoms with van der Waals surface area (Å²) in [4.78, 5) is 16.9. The molecule has 3 aliphatic rings. The van der Waals surface area contributed by atoms with E-state index in [1.165, 1.54) is 0 Å². The molecule has 2 aliphatic carbocycles.